The number of aromatic nitrogens is 5. The van der Waals surface area contributed by atoms with Gasteiger partial charge in [0.1, 0.15) is 21.9 Å². The molecule has 0 saturated carbocycles. The quantitative estimate of drug-likeness (QED) is 0.354. The van der Waals surface area contributed by atoms with Crippen LogP contribution in [0.25, 0.3) is 21.3 Å². The molecule has 9 nitrogen and oxygen atoms in total. The maximum atomic E-state index is 13.7. The number of nitrogens with two attached hydrogens (primary N) is 1. The molecule has 0 aromatic carbocycles. The standard InChI is InChI=1S/C21H19BrF3N7O2S/c1-4-31-7-12(9(2)30-31)11-5-14(21(23,24)25)28-20-16(11)17(18(35-20)19(26)34)29-15(33)8-32-10(3)13(22)6-27-32/h5-7H,4,8H2,1-3H3,(H2,26,34)(H,29,33). The number of nitrogens with zero attached hydrogens (tertiary/aromatic N) is 5. The van der Waals surface area contributed by atoms with Crippen LogP contribution in [-0.2, 0) is 24.1 Å². The molecular formula is C21H19BrF3N7O2S. The first-order valence-corrected chi connectivity index (χ1v) is 11.9. The number of aryl methyl sites for hydroxylation is 2. The predicted octanol–water partition coefficient (Wildman–Crippen LogP) is 4.51. The van der Waals surface area contributed by atoms with E-state index in [4.69, 9.17) is 5.73 Å². The van der Waals surface area contributed by atoms with E-state index in [1.807, 2.05) is 6.92 Å². The highest BCUT2D eigenvalue weighted by Gasteiger charge is 2.35. The number of nitrogens with one attached hydrogen (secondary N) is 1. The zero-order chi connectivity index (χ0) is 25.7. The summed E-state index contributed by atoms with van der Waals surface area (Å²) in [4.78, 5) is 28.7. The largest absolute Gasteiger partial charge is 0.433 e. The van der Waals surface area contributed by atoms with Crippen LogP contribution in [-0.4, -0.2) is 36.4 Å². The Morgan fingerprint density at radius 3 is 2.51 bits per heavy atom. The van der Waals surface area contributed by atoms with Crippen LogP contribution < -0.4 is 11.1 Å². The average Bonchev–Trinajstić information content (AvgIpc) is 3.44. The van der Waals surface area contributed by atoms with Crippen molar-refractivity contribution in [2.75, 3.05) is 5.32 Å². The van der Waals surface area contributed by atoms with Crippen molar-refractivity contribution in [1.29, 1.82) is 0 Å². The van der Waals surface area contributed by atoms with Gasteiger partial charge in [0.2, 0.25) is 5.91 Å². The molecular weight excluding hydrogens is 551 g/mol. The SMILES string of the molecule is CCn1cc(-c2cc(C(F)(F)F)nc3sc(C(N)=O)c(NC(=O)Cn4ncc(Br)c4C)c23)c(C)n1. The van der Waals surface area contributed by atoms with Gasteiger partial charge in [-0.3, -0.25) is 19.0 Å². The summed E-state index contributed by atoms with van der Waals surface area (Å²) in [6.07, 6.45) is -1.59. The summed E-state index contributed by atoms with van der Waals surface area (Å²) in [5, 5.41) is 11.3. The minimum atomic E-state index is -4.73. The average molecular weight is 570 g/mol. The van der Waals surface area contributed by atoms with Crippen molar-refractivity contribution in [3.63, 3.8) is 0 Å². The molecule has 0 aliphatic heterocycles. The third-order valence-corrected chi connectivity index (χ3v) is 7.21. The number of anilines is 1. The van der Waals surface area contributed by atoms with Gasteiger partial charge in [-0.1, -0.05) is 0 Å². The lowest BCUT2D eigenvalue weighted by Crippen LogP contribution is -2.22. The highest BCUT2D eigenvalue weighted by Crippen LogP contribution is 2.44. The van der Waals surface area contributed by atoms with Crippen LogP contribution in [0.2, 0.25) is 0 Å². The Morgan fingerprint density at radius 1 is 1.26 bits per heavy atom. The second-order valence-corrected chi connectivity index (χ2v) is 9.52. The van der Waals surface area contributed by atoms with Crippen LogP contribution >= 0.6 is 27.3 Å². The third kappa shape index (κ3) is 4.67. The van der Waals surface area contributed by atoms with E-state index in [0.29, 0.717) is 39.3 Å². The molecule has 0 fully saturated rings. The Balaban J connectivity index is 1.92. The number of hydrogen-bond donors (Lipinski definition) is 2. The van der Waals surface area contributed by atoms with Crippen molar-refractivity contribution in [2.24, 2.45) is 5.73 Å². The summed E-state index contributed by atoms with van der Waals surface area (Å²) in [6, 6.07) is 0.897. The molecule has 184 valence electrons. The van der Waals surface area contributed by atoms with Crippen LogP contribution in [0.1, 0.15) is 33.7 Å². The van der Waals surface area contributed by atoms with Crippen LogP contribution in [0, 0.1) is 13.8 Å². The minimum absolute atomic E-state index is 0.00579. The Hall–Kier alpha value is -3.26. The van der Waals surface area contributed by atoms with Crippen LogP contribution in [0.5, 0.6) is 0 Å². The van der Waals surface area contributed by atoms with Gasteiger partial charge in [0.05, 0.1) is 27.7 Å². The first-order valence-electron chi connectivity index (χ1n) is 10.3. The highest BCUT2D eigenvalue weighted by molar-refractivity contribution is 9.10. The molecule has 4 rings (SSSR count). The number of hydrogen-bond acceptors (Lipinski definition) is 6. The minimum Gasteiger partial charge on any atom is -0.365 e. The number of primary amides is 1. The van der Waals surface area contributed by atoms with Crippen molar-refractivity contribution in [3.8, 4) is 11.1 Å². The van der Waals surface area contributed by atoms with Gasteiger partial charge in [0, 0.05) is 23.7 Å². The molecule has 4 aromatic heterocycles. The van der Waals surface area contributed by atoms with Gasteiger partial charge < -0.3 is 11.1 Å². The fourth-order valence-electron chi connectivity index (χ4n) is 3.59. The van der Waals surface area contributed by atoms with E-state index >= 15 is 0 Å². The molecule has 3 N–H and O–H groups in total. The van der Waals surface area contributed by atoms with E-state index in [0.717, 1.165) is 6.07 Å². The second-order valence-electron chi connectivity index (χ2n) is 7.67. The molecule has 4 aromatic rings. The van der Waals surface area contributed by atoms with Crippen LogP contribution in [0.15, 0.2) is 22.9 Å². The number of amides is 2. The van der Waals surface area contributed by atoms with Crippen molar-refractivity contribution >= 4 is 55.0 Å². The molecule has 0 bridgehead atoms. The molecule has 0 aliphatic rings. The van der Waals surface area contributed by atoms with Gasteiger partial charge in [0.25, 0.3) is 5.91 Å². The van der Waals surface area contributed by atoms with E-state index < -0.39 is 23.7 Å². The molecule has 0 saturated heterocycles. The molecule has 4 heterocycles. The van der Waals surface area contributed by atoms with Gasteiger partial charge >= 0.3 is 6.18 Å². The maximum Gasteiger partial charge on any atom is 0.433 e. The number of thiophene rings is 1. The number of alkyl halides is 3. The summed E-state index contributed by atoms with van der Waals surface area (Å²) in [6.45, 7) is 5.58. The zero-order valence-corrected chi connectivity index (χ0v) is 21.1. The third-order valence-electron chi connectivity index (χ3n) is 5.34. The molecule has 0 radical (unpaired) electrons. The molecule has 0 unspecified atom stereocenters. The number of halogens is 4. The Bertz CT molecular complexity index is 1470. The number of rotatable bonds is 6. The fraction of sp³-hybridized carbons (Fsp3) is 0.286. The summed E-state index contributed by atoms with van der Waals surface area (Å²) >= 11 is 4.01. The Morgan fingerprint density at radius 2 is 1.97 bits per heavy atom. The number of pyridine rings is 1. The Labute approximate surface area is 209 Å². The summed E-state index contributed by atoms with van der Waals surface area (Å²) in [7, 11) is 0. The zero-order valence-electron chi connectivity index (χ0n) is 18.7. The predicted molar refractivity (Wildman–Crippen MR) is 128 cm³/mol. The second kappa shape index (κ2) is 9.07. The monoisotopic (exact) mass is 569 g/mol. The first kappa shape index (κ1) is 24.9. The molecule has 14 heteroatoms. The van der Waals surface area contributed by atoms with Gasteiger partial charge in [-0.2, -0.15) is 23.4 Å². The number of carbonyl (C=O) groups excluding carboxylic acids is 2. The molecule has 35 heavy (non-hydrogen) atoms. The summed E-state index contributed by atoms with van der Waals surface area (Å²) in [5.74, 6) is -1.44. The van der Waals surface area contributed by atoms with Crippen LogP contribution in [0.4, 0.5) is 18.9 Å². The normalized spacial score (nSPS) is 11.9. The van der Waals surface area contributed by atoms with Crippen molar-refractivity contribution in [2.45, 2.75) is 40.0 Å². The van der Waals surface area contributed by atoms with Gasteiger partial charge in [0.15, 0.2) is 0 Å². The van der Waals surface area contributed by atoms with E-state index in [1.54, 1.807) is 24.7 Å². The lowest BCUT2D eigenvalue weighted by atomic mass is 10.0. The lowest BCUT2D eigenvalue weighted by molar-refractivity contribution is -0.140. The van der Waals surface area contributed by atoms with E-state index in [1.165, 1.54) is 10.9 Å². The summed E-state index contributed by atoms with van der Waals surface area (Å²) < 4.78 is 44.8. The Kier molecular flexibility index (Phi) is 6.44. The maximum absolute atomic E-state index is 13.7. The van der Waals surface area contributed by atoms with E-state index in [-0.39, 0.29) is 32.9 Å². The van der Waals surface area contributed by atoms with E-state index in [2.05, 4.69) is 36.4 Å². The fourth-order valence-corrected chi connectivity index (χ4v) is 4.89. The van der Waals surface area contributed by atoms with E-state index in [9.17, 15) is 22.8 Å². The van der Waals surface area contributed by atoms with Gasteiger partial charge in [-0.25, -0.2) is 4.98 Å². The smallest absolute Gasteiger partial charge is 0.365 e. The lowest BCUT2D eigenvalue weighted by Gasteiger charge is -2.12. The highest BCUT2D eigenvalue weighted by atomic mass is 79.9. The van der Waals surface area contributed by atoms with Crippen molar-refractivity contribution in [1.82, 2.24) is 24.5 Å². The van der Waals surface area contributed by atoms with Crippen LogP contribution in [0.3, 0.4) is 0 Å². The number of fused-ring (bicyclic) bond motifs is 1. The topological polar surface area (TPSA) is 121 Å². The number of carbonyl (C=O) groups is 2. The molecule has 0 aliphatic carbocycles. The summed E-state index contributed by atoms with van der Waals surface area (Å²) in [5.41, 5.74) is 6.14. The molecule has 0 atom stereocenters. The first-order chi connectivity index (χ1) is 16.4. The van der Waals surface area contributed by atoms with Gasteiger partial charge in [-0.15, -0.1) is 11.3 Å². The molecule has 0 spiro atoms. The van der Waals surface area contributed by atoms with Gasteiger partial charge in [-0.05, 0) is 48.3 Å². The van der Waals surface area contributed by atoms with Crippen molar-refractivity contribution in [3.05, 3.63) is 44.9 Å². The molecule has 2 amide bonds. The van der Waals surface area contributed by atoms with Crippen molar-refractivity contribution < 1.29 is 22.8 Å².